The molecule has 2 nitrogen and oxygen atoms in total. The molecule has 0 spiro atoms. The zero-order valence-electron chi connectivity index (χ0n) is 12.7. The van der Waals surface area contributed by atoms with Crippen molar-refractivity contribution in [2.45, 2.75) is 46.2 Å². The van der Waals surface area contributed by atoms with Gasteiger partial charge in [-0.15, -0.1) is 0 Å². The van der Waals surface area contributed by atoms with Gasteiger partial charge in [-0.05, 0) is 46.0 Å². The summed E-state index contributed by atoms with van der Waals surface area (Å²) in [6.07, 6.45) is 1.08. The number of rotatable bonds is 2. The van der Waals surface area contributed by atoms with Crippen LogP contribution < -0.4 is 10.2 Å². The van der Waals surface area contributed by atoms with Crippen LogP contribution >= 0.6 is 15.9 Å². The van der Waals surface area contributed by atoms with Crippen molar-refractivity contribution >= 4 is 21.6 Å². The topological polar surface area (TPSA) is 15.3 Å². The summed E-state index contributed by atoms with van der Waals surface area (Å²) < 4.78 is 14.1. The van der Waals surface area contributed by atoms with Crippen molar-refractivity contribution in [2.75, 3.05) is 18.0 Å². The van der Waals surface area contributed by atoms with Crippen molar-refractivity contribution in [2.24, 2.45) is 5.41 Å². The second kappa shape index (κ2) is 6.02. The minimum absolute atomic E-state index is 0.198. The minimum Gasteiger partial charge on any atom is -0.365 e. The quantitative estimate of drug-likeness (QED) is 0.866. The standard InChI is InChI=1S/C16H24BrFN2/c1-5-12-9-19-15(16(2,3)4)10-20(12)14-7-6-11(18)8-13(14)17/h6-8,12,15,19H,5,9-10H2,1-4H3. The van der Waals surface area contributed by atoms with Crippen LogP contribution in [0.5, 0.6) is 0 Å². The van der Waals surface area contributed by atoms with Gasteiger partial charge in [-0.2, -0.15) is 0 Å². The molecule has 0 aliphatic carbocycles. The maximum absolute atomic E-state index is 13.3. The van der Waals surface area contributed by atoms with Crippen molar-refractivity contribution < 1.29 is 4.39 Å². The molecule has 1 N–H and O–H groups in total. The van der Waals surface area contributed by atoms with Crippen LogP contribution in [0.25, 0.3) is 0 Å². The van der Waals surface area contributed by atoms with E-state index in [1.807, 2.05) is 6.07 Å². The first kappa shape index (κ1) is 15.8. The molecular formula is C16H24BrFN2. The second-order valence-electron chi connectivity index (χ2n) is 6.64. The predicted octanol–water partition coefficient (Wildman–Crippen LogP) is 4.19. The Hall–Kier alpha value is -0.610. The van der Waals surface area contributed by atoms with Crippen molar-refractivity contribution in [3.63, 3.8) is 0 Å². The zero-order chi connectivity index (χ0) is 14.9. The van der Waals surface area contributed by atoms with Gasteiger partial charge in [-0.1, -0.05) is 27.7 Å². The van der Waals surface area contributed by atoms with Crippen molar-refractivity contribution in [1.29, 1.82) is 0 Å². The van der Waals surface area contributed by atoms with Gasteiger partial charge in [0.05, 0.1) is 5.69 Å². The molecule has 2 unspecified atom stereocenters. The first-order chi connectivity index (χ1) is 9.32. The van der Waals surface area contributed by atoms with E-state index in [9.17, 15) is 4.39 Å². The fourth-order valence-corrected chi connectivity index (χ4v) is 3.33. The van der Waals surface area contributed by atoms with Crippen LogP contribution in [0.3, 0.4) is 0 Å². The van der Waals surface area contributed by atoms with Gasteiger partial charge in [-0.25, -0.2) is 4.39 Å². The molecule has 20 heavy (non-hydrogen) atoms. The monoisotopic (exact) mass is 342 g/mol. The third-order valence-electron chi connectivity index (χ3n) is 4.16. The van der Waals surface area contributed by atoms with E-state index in [2.05, 4.69) is 53.8 Å². The van der Waals surface area contributed by atoms with Crippen LogP contribution in [-0.2, 0) is 0 Å². The van der Waals surface area contributed by atoms with Gasteiger partial charge in [0.2, 0.25) is 0 Å². The van der Waals surface area contributed by atoms with E-state index in [4.69, 9.17) is 0 Å². The predicted molar refractivity (Wildman–Crippen MR) is 86.8 cm³/mol. The smallest absolute Gasteiger partial charge is 0.124 e. The van der Waals surface area contributed by atoms with Gasteiger partial charge in [0.25, 0.3) is 0 Å². The summed E-state index contributed by atoms with van der Waals surface area (Å²) in [7, 11) is 0. The molecule has 4 heteroatoms. The Kier molecular flexibility index (Phi) is 4.75. The number of anilines is 1. The summed E-state index contributed by atoms with van der Waals surface area (Å²) in [5.74, 6) is -0.198. The summed E-state index contributed by atoms with van der Waals surface area (Å²) in [6.45, 7) is 10.9. The van der Waals surface area contributed by atoms with Gasteiger partial charge >= 0.3 is 0 Å². The molecule has 1 aliphatic heterocycles. The molecule has 0 radical (unpaired) electrons. The largest absolute Gasteiger partial charge is 0.365 e. The first-order valence-electron chi connectivity index (χ1n) is 7.28. The third kappa shape index (κ3) is 3.34. The SMILES string of the molecule is CCC1CNC(C(C)(C)C)CN1c1ccc(F)cc1Br. The Bertz CT molecular complexity index is 470. The Balaban J connectivity index is 2.29. The van der Waals surface area contributed by atoms with E-state index < -0.39 is 0 Å². The normalized spacial score (nSPS) is 24.0. The lowest BCUT2D eigenvalue weighted by Gasteiger charge is -2.46. The van der Waals surface area contributed by atoms with E-state index in [0.717, 1.165) is 29.7 Å². The van der Waals surface area contributed by atoms with Crippen LogP contribution in [0.15, 0.2) is 22.7 Å². The van der Waals surface area contributed by atoms with Gasteiger partial charge in [0.15, 0.2) is 0 Å². The van der Waals surface area contributed by atoms with Crippen LogP contribution in [0.1, 0.15) is 34.1 Å². The van der Waals surface area contributed by atoms with E-state index >= 15 is 0 Å². The Morgan fingerprint density at radius 2 is 2.10 bits per heavy atom. The molecule has 0 saturated carbocycles. The molecule has 1 heterocycles. The summed E-state index contributed by atoms with van der Waals surface area (Å²) in [5, 5.41) is 3.66. The number of halogens is 2. The molecule has 1 aromatic rings. The molecule has 0 amide bonds. The molecular weight excluding hydrogens is 319 g/mol. The maximum atomic E-state index is 13.3. The molecule has 2 rings (SSSR count). The van der Waals surface area contributed by atoms with Gasteiger partial charge < -0.3 is 10.2 Å². The number of hydrogen-bond acceptors (Lipinski definition) is 2. The van der Waals surface area contributed by atoms with Crippen molar-refractivity contribution in [3.05, 3.63) is 28.5 Å². The van der Waals surface area contributed by atoms with Crippen molar-refractivity contribution in [1.82, 2.24) is 5.32 Å². The summed E-state index contributed by atoms with van der Waals surface area (Å²) in [4.78, 5) is 2.41. The lowest BCUT2D eigenvalue weighted by molar-refractivity contribution is 0.233. The highest BCUT2D eigenvalue weighted by Gasteiger charge is 2.34. The van der Waals surface area contributed by atoms with Crippen LogP contribution in [0.2, 0.25) is 0 Å². The maximum Gasteiger partial charge on any atom is 0.124 e. The number of benzene rings is 1. The highest BCUT2D eigenvalue weighted by molar-refractivity contribution is 9.10. The number of hydrogen-bond donors (Lipinski definition) is 1. The van der Waals surface area contributed by atoms with Gasteiger partial charge in [0, 0.05) is 29.6 Å². The van der Waals surface area contributed by atoms with Crippen LogP contribution in [0, 0.1) is 11.2 Å². The Labute approximate surface area is 129 Å². The Morgan fingerprint density at radius 3 is 2.65 bits per heavy atom. The van der Waals surface area contributed by atoms with Crippen molar-refractivity contribution in [3.8, 4) is 0 Å². The molecule has 112 valence electrons. The third-order valence-corrected chi connectivity index (χ3v) is 4.79. The number of piperazine rings is 1. The Morgan fingerprint density at radius 1 is 1.40 bits per heavy atom. The average Bonchev–Trinajstić information content (AvgIpc) is 2.37. The fourth-order valence-electron chi connectivity index (χ4n) is 2.75. The zero-order valence-corrected chi connectivity index (χ0v) is 14.3. The molecule has 1 saturated heterocycles. The molecule has 1 aromatic carbocycles. The number of nitrogens with one attached hydrogen (secondary N) is 1. The molecule has 1 fully saturated rings. The van der Waals surface area contributed by atoms with Gasteiger partial charge in [-0.3, -0.25) is 0 Å². The molecule has 0 bridgehead atoms. The average molecular weight is 343 g/mol. The molecule has 0 aromatic heterocycles. The second-order valence-corrected chi connectivity index (χ2v) is 7.49. The van der Waals surface area contributed by atoms with E-state index in [0.29, 0.717) is 12.1 Å². The minimum atomic E-state index is -0.198. The van der Waals surface area contributed by atoms with Crippen LogP contribution in [0.4, 0.5) is 10.1 Å². The number of nitrogens with zero attached hydrogens (tertiary/aromatic N) is 1. The fraction of sp³-hybridized carbons (Fsp3) is 0.625. The molecule has 1 aliphatic rings. The summed E-state index contributed by atoms with van der Waals surface area (Å²) >= 11 is 3.51. The van der Waals surface area contributed by atoms with Crippen LogP contribution in [-0.4, -0.2) is 25.2 Å². The summed E-state index contributed by atoms with van der Waals surface area (Å²) in [6, 6.07) is 5.86. The lowest BCUT2D eigenvalue weighted by atomic mass is 9.84. The van der Waals surface area contributed by atoms with E-state index in [-0.39, 0.29) is 11.2 Å². The van der Waals surface area contributed by atoms with E-state index in [1.54, 1.807) is 12.1 Å². The highest BCUT2D eigenvalue weighted by atomic mass is 79.9. The highest BCUT2D eigenvalue weighted by Crippen LogP contribution is 2.33. The van der Waals surface area contributed by atoms with E-state index in [1.165, 1.54) is 0 Å². The van der Waals surface area contributed by atoms with Gasteiger partial charge in [0.1, 0.15) is 5.82 Å². The molecule has 2 atom stereocenters. The first-order valence-corrected chi connectivity index (χ1v) is 8.07. The lowest BCUT2D eigenvalue weighted by Crippen LogP contribution is -2.60. The summed E-state index contributed by atoms with van der Waals surface area (Å²) in [5.41, 5.74) is 1.30.